The molecule has 158 valence electrons. The molecule has 2 aliphatic rings. The van der Waals surface area contributed by atoms with Crippen molar-refractivity contribution in [1.29, 1.82) is 0 Å². The predicted molar refractivity (Wildman–Crippen MR) is 118 cm³/mol. The summed E-state index contributed by atoms with van der Waals surface area (Å²) < 4.78 is 0. The van der Waals surface area contributed by atoms with Crippen molar-refractivity contribution < 1.29 is 4.79 Å². The topological polar surface area (TPSA) is 54.0 Å². The van der Waals surface area contributed by atoms with E-state index in [4.69, 9.17) is 0 Å². The van der Waals surface area contributed by atoms with Gasteiger partial charge in [-0.1, -0.05) is 51.9 Å². The fourth-order valence-corrected chi connectivity index (χ4v) is 5.96. The van der Waals surface area contributed by atoms with E-state index in [1.807, 2.05) is 12.3 Å². The van der Waals surface area contributed by atoms with Gasteiger partial charge in [-0.15, -0.1) is 11.3 Å². The highest BCUT2D eigenvalue weighted by atomic mass is 32.1. The standard InChI is InChI=1S/C23H39N3OS/c1-3-4-5-6-7-8-9-10-16-24-22-12-11-13-23(18-22,15-14-22)26-20(27)21-25-19(2)17-28-21/h17,24H,3-16,18H2,1-2H3,(H,26,27)/t22-,23+/m0/s1. The van der Waals surface area contributed by atoms with Crippen LogP contribution in [0.25, 0.3) is 0 Å². The van der Waals surface area contributed by atoms with Crippen molar-refractivity contribution in [3.63, 3.8) is 0 Å². The van der Waals surface area contributed by atoms with Crippen molar-refractivity contribution >= 4 is 17.2 Å². The van der Waals surface area contributed by atoms with E-state index in [0.29, 0.717) is 5.01 Å². The molecule has 1 aromatic rings. The van der Waals surface area contributed by atoms with Crippen LogP contribution < -0.4 is 10.6 Å². The largest absolute Gasteiger partial charge is 0.344 e. The van der Waals surface area contributed by atoms with Gasteiger partial charge in [-0.05, 0) is 58.4 Å². The molecule has 28 heavy (non-hydrogen) atoms. The molecule has 2 fully saturated rings. The Morgan fingerprint density at radius 3 is 2.43 bits per heavy atom. The number of aryl methyl sites for hydroxylation is 1. The van der Waals surface area contributed by atoms with E-state index in [9.17, 15) is 4.79 Å². The SMILES string of the molecule is CCCCCCCCCCN[C@@]12CCC[C@@](NC(=O)c3nc(C)cs3)(CC1)C2. The highest BCUT2D eigenvalue weighted by Gasteiger charge is 2.51. The Bertz CT molecular complexity index is 631. The Morgan fingerprint density at radius 1 is 1.04 bits per heavy atom. The molecule has 5 heteroatoms. The van der Waals surface area contributed by atoms with Gasteiger partial charge in [0, 0.05) is 22.2 Å². The number of unbranched alkanes of at least 4 members (excludes halogenated alkanes) is 7. The monoisotopic (exact) mass is 405 g/mol. The summed E-state index contributed by atoms with van der Waals surface area (Å²) in [4.78, 5) is 17.0. The maximum Gasteiger partial charge on any atom is 0.280 e. The highest BCUT2D eigenvalue weighted by Crippen LogP contribution is 2.48. The summed E-state index contributed by atoms with van der Waals surface area (Å²) in [7, 11) is 0. The second kappa shape index (κ2) is 10.2. The van der Waals surface area contributed by atoms with Crippen LogP contribution in [-0.2, 0) is 0 Å². The number of hydrogen-bond acceptors (Lipinski definition) is 4. The van der Waals surface area contributed by atoms with E-state index in [2.05, 4.69) is 22.5 Å². The molecule has 2 aliphatic carbocycles. The fourth-order valence-electron chi connectivity index (χ4n) is 5.27. The molecular weight excluding hydrogens is 366 g/mol. The van der Waals surface area contributed by atoms with Crippen molar-refractivity contribution in [3.8, 4) is 0 Å². The molecule has 0 saturated heterocycles. The molecule has 0 unspecified atom stereocenters. The van der Waals surface area contributed by atoms with Gasteiger partial charge in [0.2, 0.25) is 0 Å². The maximum absolute atomic E-state index is 12.7. The molecule has 2 N–H and O–H groups in total. The van der Waals surface area contributed by atoms with E-state index in [1.165, 1.54) is 82.0 Å². The summed E-state index contributed by atoms with van der Waals surface area (Å²) >= 11 is 1.46. The highest BCUT2D eigenvalue weighted by molar-refractivity contribution is 7.11. The van der Waals surface area contributed by atoms with Gasteiger partial charge >= 0.3 is 0 Å². The van der Waals surface area contributed by atoms with Crippen LogP contribution >= 0.6 is 11.3 Å². The van der Waals surface area contributed by atoms with E-state index < -0.39 is 0 Å². The van der Waals surface area contributed by atoms with Gasteiger partial charge in [0.25, 0.3) is 5.91 Å². The maximum atomic E-state index is 12.7. The lowest BCUT2D eigenvalue weighted by Gasteiger charge is -2.40. The van der Waals surface area contributed by atoms with Gasteiger partial charge in [-0.3, -0.25) is 4.79 Å². The lowest BCUT2D eigenvalue weighted by atomic mass is 9.78. The summed E-state index contributed by atoms with van der Waals surface area (Å²) in [5, 5.41) is 9.87. The van der Waals surface area contributed by atoms with Gasteiger partial charge in [0.15, 0.2) is 5.01 Å². The number of nitrogens with zero attached hydrogens (tertiary/aromatic N) is 1. The number of aromatic nitrogens is 1. The molecule has 0 aliphatic heterocycles. The fraction of sp³-hybridized carbons (Fsp3) is 0.826. The summed E-state index contributed by atoms with van der Waals surface area (Å²) in [5.41, 5.74) is 1.18. The molecule has 1 aromatic heterocycles. The quantitative estimate of drug-likeness (QED) is 0.435. The Balaban J connectivity index is 1.39. The number of fused-ring (bicyclic) bond motifs is 2. The first-order valence-electron chi connectivity index (χ1n) is 11.6. The Morgan fingerprint density at radius 2 is 1.71 bits per heavy atom. The zero-order chi connectivity index (χ0) is 19.9. The minimum absolute atomic E-state index is 0.0127. The zero-order valence-corrected chi connectivity index (χ0v) is 18.8. The van der Waals surface area contributed by atoms with Crippen LogP contribution in [0.4, 0.5) is 0 Å². The van der Waals surface area contributed by atoms with Crippen LogP contribution in [0.2, 0.25) is 0 Å². The third-order valence-corrected chi connectivity index (χ3v) is 7.75. The molecule has 4 nitrogen and oxygen atoms in total. The smallest absolute Gasteiger partial charge is 0.280 e. The lowest BCUT2D eigenvalue weighted by Crippen LogP contribution is -2.54. The van der Waals surface area contributed by atoms with Crippen LogP contribution in [0.1, 0.15) is 112 Å². The molecule has 2 saturated carbocycles. The van der Waals surface area contributed by atoms with Gasteiger partial charge in [-0.2, -0.15) is 0 Å². The number of carbonyl (C=O) groups excluding carboxylic acids is 1. The van der Waals surface area contributed by atoms with Crippen LogP contribution in [-0.4, -0.2) is 28.5 Å². The average Bonchev–Trinajstić information content (AvgIpc) is 3.22. The van der Waals surface area contributed by atoms with Crippen LogP contribution in [0, 0.1) is 6.92 Å². The number of hydrogen-bond donors (Lipinski definition) is 2. The van der Waals surface area contributed by atoms with Crippen LogP contribution in [0.3, 0.4) is 0 Å². The Kier molecular flexibility index (Phi) is 7.93. The van der Waals surface area contributed by atoms with Crippen molar-refractivity contribution in [1.82, 2.24) is 15.6 Å². The van der Waals surface area contributed by atoms with Gasteiger partial charge in [0.05, 0.1) is 0 Å². The number of thiazole rings is 1. The van der Waals surface area contributed by atoms with Crippen molar-refractivity contribution in [2.45, 2.75) is 115 Å². The predicted octanol–water partition coefficient (Wildman–Crippen LogP) is 5.76. The molecule has 0 aromatic carbocycles. The molecule has 0 radical (unpaired) electrons. The van der Waals surface area contributed by atoms with Crippen molar-refractivity contribution in [2.24, 2.45) is 0 Å². The summed E-state index contributed by atoms with van der Waals surface area (Å²) in [6.45, 7) is 5.35. The molecule has 0 spiro atoms. The first-order chi connectivity index (χ1) is 13.6. The first kappa shape index (κ1) is 21.8. The summed E-state index contributed by atoms with van der Waals surface area (Å²) in [5.74, 6) is 0.0267. The van der Waals surface area contributed by atoms with Crippen LogP contribution in [0.5, 0.6) is 0 Å². The van der Waals surface area contributed by atoms with E-state index in [1.54, 1.807) is 0 Å². The van der Waals surface area contributed by atoms with E-state index >= 15 is 0 Å². The second-order valence-corrected chi connectivity index (χ2v) is 10.1. The third-order valence-electron chi connectivity index (χ3n) is 6.79. The second-order valence-electron chi connectivity index (χ2n) is 9.24. The van der Waals surface area contributed by atoms with Crippen molar-refractivity contribution in [3.05, 3.63) is 16.1 Å². The average molecular weight is 406 g/mol. The lowest BCUT2D eigenvalue weighted by molar-refractivity contribution is 0.0868. The Hall–Kier alpha value is -0.940. The summed E-state index contributed by atoms with van der Waals surface area (Å²) in [6.07, 6.45) is 17.9. The minimum Gasteiger partial charge on any atom is -0.344 e. The Labute approximate surface area is 175 Å². The van der Waals surface area contributed by atoms with Gasteiger partial charge < -0.3 is 10.6 Å². The summed E-state index contributed by atoms with van der Waals surface area (Å²) in [6, 6.07) is 0. The number of rotatable bonds is 12. The zero-order valence-electron chi connectivity index (χ0n) is 17.9. The number of nitrogens with one attached hydrogen (secondary N) is 2. The molecule has 1 amide bonds. The number of carbonyl (C=O) groups is 1. The van der Waals surface area contributed by atoms with E-state index in [0.717, 1.165) is 31.5 Å². The molecule has 1 heterocycles. The molecular formula is C23H39N3OS. The normalized spacial score (nSPS) is 26.5. The minimum atomic E-state index is -0.0127. The van der Waals surface area contributed by atoms with Gasteiger partial charge in [-0.25, -0.2) is 4.98 Å². The molecule has 2 bridgehead atoms. The third kappa shape index (κ3) is 5.79. The number of amides is 1. The van der Waals surface area contributed by atoms with Gasteiger partial charge in [0.1, 0.15) is 0 Å². The molecule has 3 rings (SSSR count). The molecule has 2 atom stereocenters. The van der Waals surface area contributed by atoms with E-state index in [-0.39, 0.29) is 17.0 Å². The van der Waals surface area contributed by atoms with Crippen molar-refractivity contribution in [2.75, 3.05) is 6.54 Å². The van der Waals surface area contributed by atoms with Crippen LogP contribution in [0.15, 0.2) is 5.38 Å². The first-order valence-corrected chi connectivity index (χ1v) is 12.4.